The van der Waals surface area contributed by atoms with Crippen LogP contribution in [0, 0.1) is 23.7 Å². The van der Waals surface area contributed by atoms with E-state index in [1.165, 1.54) is 17.6 Å². The summed E-state index contributed by atoms with van der Waals surface area (Å²) in [4.78, 5) is 26.9. The van der Waals surface area contributed by atoms with Crippen molar-refractivity contribution < 1.29 is 14.7 Å². The van der Waals surface area contributed by atoms with Gasteiger partial charge in [-0.2, -0.15) is 0 Å². The summed E-state index contributed by atoms with van der Waals surface area (Å²) in [6.45, 7) is 7.03. The van der Waals surface area contributed by atoms with Gasteiger partial charge >= 0.3 is 5.97 Å². The van der Waals surface area contributed by atoms with Crippen molar-refractivity contribution in [2.45, 2.75) is 58.9 Å². The number of likely N-dealkylation sites (tertiary alicyclic amines) is 1. The van der Waals surface area contributed by atoms with Crippen molar-refractivity contribution in [2.75, 3.05) is 6.54 Å². The van der Waals surface area contributed by atoms with Crippen molar-refractivity contribution in [1.82, 2.24) is 4.90 Å². The van der Waals surface area contributed by atoms with Crippen LogP contribution in [-0.4, -0.2) is 34.5 Å². The van der Waals surface area contributed by atoms with Crippen LogP contribution in [0.15, 0.2) is 11.1 Å². The highest BCUT2D eigenvalue weighted by Crippen LogP contribution is 2.57. The molecule has 122 valence electrons. The van der Waals surface area contributed by atoms with E-state index in [2.05, 4.69) is 20.8 Å². The number of piperidine rings is 1. The van der Waals surface area contributed by atoms with Gasteiger partial charge in [-0.15, -0.1) is 0 Å². The van der Waals surface area contributed by atoms with Gasteiger partial charge in [0.25, 0.3) is 0 Å². The van der Waals surface area contributed by atoms with E-state index in [-0.39, 0.29) is 29.7 Å². The average molecular weight is 305 g/mol. The quantitative estimate of drug-likeness (QED) is 0.798. The van der Waals surface area contributed by atoms with E-state index in [0.717, 1.165) is 32.2 Å². The standard InChI is InChI=1S/C18H27NO3/c1-10(2)14-12-7-8-13(14)16(18(21)22)15(12)17(20)19-9-5-4-6-11(19)3/h11-13,15-16H,4-9H2,1-3H3,(H,21,22). The lowest BCUT2D eigenvalue weighted by molar-refractivity contribution is -0.154. The molecule has 4 heteroatoms. The fourth-order valence-corrected chi connectivity index (χ4v) is 5.20. The zero-order chi connectivity index (χ0) is 16.0. The highest BCUT2D eigenvalue weighted by atomic mass is 16.4. The Morgan fingerprint density at radius 3 is 2.23 bits per heavy atom. The van der Waals surface area contributed by atoms with Crippen molar-refractivity contribution in [3.63, 3.8) is 0 Å². The summed E-state index contributed by atoms with van der Waals surface area (Å²) >= 11 is 0. The molecule has 0 spiro atoms. The third-order valence-corrected chi connectivity index (χ3v) is 6.08. The highest BCUT2D eigenvalue weighted by Gasteiger charge is 2.58. The van der Waals surface area contributed by atoms with Gasteiger partial charge in [-0.05, 0) is 64.7 Å². The van der Waals surface area contributed by atoms with Gasteiger partial charge in [0, 0.05) is 12.6 Å². The van der Waals surface area contributed by atoms with Gasteiger partial charge < -0.3 is 10.0 Å². The van der Waals surface area contributed by atoms with Crippen molar-refractivity contribution in [2.24, 2.45) is 23.7 Å². The number of carbonyl (C=O) groups excluding carboxylic acids is 1. The van der Waals surface area contributed by atoms with Crippen LogP contribution in [-0.2, 0) is 9.59 Å². The predicted molar refractivity (Wildman–Crippen MR) is 84.2 cm³/mol. The van der Waals surface area contributed by atoms with Gasteiger partial charge in [0.15, 0.2) is 0 Å². The van der Waals surface area contributed by atoms with Crippen LogP contribution in [0.3, 0.4) is 0 Å². The third-order valence-electron chi connectivity index (χ3n) is 6.08. The number of carbonyl (C=O) groups is 2. The van der Waals surface area contributed by atoms with E-state index in [4.69, 9.17) is 0 Å². The molecule has 22 heavy (non-hydrogen) atoms. The maximum Gasteiger partial charge on any atom is 0.307 e. The minimum atomic E-state index is -0.783. The molecule has 5 unspecified atom stereocenters. The van der Waals surface area contributed by atoms with Crippen LogP contribution in [0.5, 0.6) is 0 Å². The molecule has 5 atom stereocenters. The second kappa shape index (κ2) is 5.71. The maximum absolute atomic E-state index is 13.1. The first kappa shape index (κ1) is 15.6. The molecule has 1 amide bonds. The molecule has 2 bridgehead atoms. The van der Waals surface area contributed by atoms with Crippen LogP contribution in [0.2, 0.25) is 0 Å². The summed E-state index contributed by atoms with van der Waals surface area (Å²) < 4.78 is 0. The molecule has 1 saturated heterocycles. The Balaban J connectivity index is 1.93. The number of hydrogen-bond donors (Lipinski definition) is 1. The molecular weight excluding hydrogens is 278 g/mol. The second-order valence-electron chi connectivity index (χ2n) is 7.51. The zero-order valence-corrected chi connectivity index (χ0v) is 13.8. The first-order chi connectivity index (χ1) is 10.4. The Morgan fingerprint density at radius 2 is 1.68 bits per heavy atom. The number of carboxylic acids is 1. The summed E-state index contributed by atoms with van der Waals surface area (Å²) in [6, 6.07) is 0.255. The molecule has 2 aliphatic carbocycles. The number of fused-ring (bicyclic) bond motifs is 2. The van der Waals surface area contributed by atoms with Crippen molar-refractivity contribution >= 4 is 11.9 Å². The molecule has 0 aromatic heterocycles. The van der Waals surface area contributed by atoms with Crippen molar-refractivity contribution in [3.05, 3.63) is 11.1 Å². The van der Waals surface area contributed by atoms with Gasteiger partial charge in [0.2, 0.25) is 5.91 Å². The van der Waals surface area contributed by atoms with Gasteiger partial charge in [0.1, 0.15) is 0 Å². The maximum atomic E-state index is 13.1. The van der Waals surface area contributed by atoms with Gasteiger partial charge in [0.05, 0.1) is 11.8 Å². The molecule has 1 N–H and O–H groups in total. The predicted octanol–water partition coefficient (Wildman–Crippen LogP) is 3.08. The molecule has 0 aromatic rings. The second-order valence-corrected chi connectivity index (χ2v) is 7.51. The number of aliphatic carboxylic acids is 1. The molecule has 3 fully saturated rings. The number of nitrogens with zero attached hydrogens (tertiary/aromatic N) is 1. The van der Waals surface area contributed by atoms with E-state index < -0.39 is 11.9 Å². The van der Waals surface area contributed by atoms with E-state index in [0.29, 0.717) is 0 Å². The molecule has 3 rings (SSSR count). The monoisotopic (exact) mass is 305 g/mol. The topological polar surface area (TPSA) is 57.6 Å². The minimum Gasteiger partial charge on any atom is -0.481 e. The van der Waals surface area contributed by atoms with Gasteiger partial charge in [-0.1, -0.05) is 11.1 Å². The number of allylic oxidation sites excluding steroid dienone is 2. The smallest absolute Gasteiger partial charge is 0.307 e. The molecule has 2 saturated carbocycles. The van der Waals surface area contributed by atoms with E-state index in [9.17, 15) is 14.7 Å². The minimum absolute atomic E-state index is 0.0848. The molecule has 0 aromatic carbocycles. The normalized spacial score (nSPS) is 37.5. The number of amides is 1. The van der Waals surface area contributed by atoms with Crippen LogP contribution < -0.4 is 0 Å². The Bertz CT molecular complexity index is 520. The van der Waals surface area contributed by atoms with Crippen LogP contribution in [0.25, 0.3) is 0 Å². The Labute approximate surface area is 132 Å². The summed E-state index contributed by atoms with van der Waals surface area (Å²) in [6.07, 6.45) is 5.17. The van der Waals surface area contributed by atoms with Crippen LogP contribution >= 0.6 is 0 Å². The van der Waals surface area contributed by atoms with Gasteiger partial charge in [-0.25, -0.2) is 0 Å². The summed E-state index contributed by atoms with van der Waals surface area (Å²) in [5, 5.41) is 9.73. The summed E-state index contributed by atoms with van der Waals surface area (Å²) in [7, 11) is 0. The first-order valence-electron chi connectivity index (χ1n) is 8.64. The lowest BCUT2D eigenvalue weighted by Gasteiger charge is -2.38. The SMILES string of the molecule is CC(C)=C1C2CCC1C(C(=O)N1CCCCC1C)C2C(=O)O. The molecule has 1 heterocycles. The zero-order valence-electron chi connectivity index (χ0n) is 13.8. The number of carboxylic acid groups (broad SMARTS) is 1. The Morgan fingerprint density at radius 1 is 1.05 bits per heavy atom. The highest BCUT2D eigenvalue weighted by molar-refractivity contribution is 5.88. The Kier molecular flexibility index (Phi) is 4.04. The summed E-state index contributed by atoms with van der Waals surface area (Å²) in [5.41, 5.74) is 2.50. The fourth-order valence-electron chi connectivity index (χ4n) is 5.20. The van der Waals surface area contributed by atoms with Crippen molar-refractivity contribution in [3.8, 4) is 0 Å². The van der Waals surface area contributed by atoms with Crippen LogP contribution in [0.4, 0.5) is 0 Å². The lowest BCUT2D eigenvalue weighted by Crippen LogP contribution is -2.49. The lowest BCUT2D eigenvalue weighted by atomic mass is 9.78. The summed E-state index contributed by atoms with van der Waals surface area (Å²) in [5.74, 6) is -1.27. The molecule has 0 radical (unpaired) electrons. The average Bonchev–Trinajstić information content (AvgIpc) is 3.02. The molecular formula is C18H27NO3. The van der Waals surface area contributed by atoms with Crippen molar-refractivity contribution in [1.29, 1.82) is 0 Å². The molecule has 1 aliphatic heterocycles. The van der Waals surface area contributed by atoms with E-state index in [1.807, 2.05) is 4.90 Å². The Hall–Kier alpha value is -1.32. The third kappa shape index (κ3) is 2.27. The number of hydrogen-bond acceptors (Lipinski definition) is 2. The number of rotatable bonds is 2. The molecule has 3 aliphatic rings. The fraction of sp³-hybridized carbons (Fsp3) is 0.778. The molecule has 4 nitrogen and oxygen atoms in total. The van der Waals surface area contributed by atoms with Gasteiger partial charge in [-0.3, -0.25) is 9.59 Å². The van der Waals surface area contributed by atoms with E-state index >= 15 is 0 Å². The van der Waals surface area contributed by atoms with E-state index in [1.54, 1.807) is 0 Å². The largest absolute Gasteiger partial charge is 0.481 e. The van der Waals surface area contributed by atoms with Crippen LogP contribution in [0.1, 0.15) is 52.9 Å². The first-order valence-corrected chi connectivity index (χ1v) is 8.64.